The maximum Gasteiger partial charge on any atom is 0.346 e. The second kappa shape index (κ2) is 5.67. The first-order valence-electron chi connectivity index (χ1n) is 6.28. The van der Waals surface area contributed by atoms with E-state index < -0.39 is 0 Å². The van der Waals surface area contributed by atoms with Gasteiger partial charge in [0.15, 0.2) is 5.13 Å². The van der Waals surface area contributed by atoms with Gasteiger partial charge in [-0.15, -0.1) is 11.3 Å². The minimum Gasteiger partial charge on any atom is -0.323 e. The van der Waals surface area contributed by atoms with E-state index in [-0.39, 0.29) is 6.03 Å². The zero-order chi connectivity index (χ0) is 14.1. The van der Waals surface area contributed by atoms with Gasteiger partial charge >= 0.3 is 6.03 Å². The summed E-state index contributed by atoms with van der Waals surface area (Å²) in [5, 5.41) is 0.729. The van der Waals surface area contributed by atoms with Crippen LogP contribution in [0.5, 0.6) is 0 Å². The highest BCUT2D eigenvalue weighted by Crippen LogP contribution is 2.21. The number of halogens is 1. The Balaban J connectivity index is 1.98. The summed E-state index contributed by atoms with van der Waals surface area (Å²) in [7, 11) is 0. The van der Waals surface area contributed by atoms with Crippen LogP contribution in [0.4, 0.5) is 4.79 Å². The van der Waals surface area contributed by atoms with Crippen molar-refractivity contribution in [1.29, 1.82) is 0 Å². The first-order valence-corrected chi connectivity index (χ1v) is 8.29. The molecular formula is C12H13ClN4OS2. The highest BCUT2D eigenvalue weighted by Gasteiger charge is 2.17. The van der Waals surface area contributed by atoms with E-state index in [4.69, 9.17) is 11.6 Å². The average Bonchev–Trinajstić information content (AvgIpc) is 3.10. The molecule has 1 fully saturated rings. The number of rotatable bonds is 1. The van der Waals surface area contributed by atoms with Crippen LogP contribution >= 0.6 is 34.3 Å². The molecule has 0 saturated carbocycles. The molecule has 3 heterocycles. The Morgan fingerprint density at radius 1 is 1.40 bits per heavy atom. The number of aromatic nitrogens is 2. The van der Waals surface area contributed by atoms with E-state index in [1.165, 1.54) is 22.7 Å². The van der Waals surface area contributed by atoms with Gasteiger partial charge in [-0.3, -0.25) is 4.57 Å². The molecule has 106 valence electrons. The normalized spacial score (nSPS) is 16.1. The van der Waals surface area contributed by atoms with Crippen LogP contribution in [0.25, 0.3) is 5.13 Å². The molecule has 2 aromatic rings. The van der Waals surface area contributed by atoms with Crippen molar-refractivity contribution in [2.24, 2.45) is 4.99 Å². The van der Waals surface area contributed by atoms with Crippen LogP contribution in [0.2, 0.25) is 4.34 Å². The van der Waals surface area contributed by atoms with Crippen molar-refractivity contribution in [2.75, 3.05) is 13.1 Å². The molecule has 0 spiro atoms. The van der Waals surface area contributed by atoms with Crippen molar-refractivity contribution in [3.8, 4) is 5.13 Å². The maximum absolute atomic E-state index is 12.1. The van der Waals surface area contributed by atoms with Gasteiger partial charge in [-0.2, -0.15) is 4.99 Å². The lowest BCUT2D eigenvalue weighted by molar-refractivity contribution is 0.218. The Morgan fingerprint density at radius 3 is 2.80 bits per heavy atom. The average molecular weight is 329 g/mol. The number of thiazole rings is 2. The van der Waals surface area contributed by atoms with E-state index >= 15 is 0 Å². The molecule has 5 nitrogen and oxygen atoms in total. The quantitative estimate of drug-likeness (QED) is 0.807. The molecule has 2 amide bonds. The van der Waals surface area contributed by atoms with Crippen LogP contribution in [0.1, 0.15) is 17.7 Å². The lowest BCUT2D eigenvalue weighted by Crippen LogP contribution is -2.27. The van der Waals surface area contributed by atoms with Gasteiger partial charge in [0.2, 0.25) is 4.80 Å². The van der Waals surface area contributed by atoms with E-state index in [9.17, 15) is 4.79 Å². The number of carbonyl (C=O) groups excluding carboxylic acids is 1. The highest BCUT2D eigenvalue weighted by atomic mass is 35.5. The number of nitrogens with zero attached hydrogens (tertiary/aromatic N) is 4. The molecule has 0 aromatic carbocycles. The summed E-state index contributed by atoms with van der Waals surface area (Å²) in [6, 6.07) is -0.166. The van der Waals surface area contributed by atoms with Crippen LogP contribution < -0.4 is 4.80 Å². The zero-order valence-corrected chi connectivity index (χ0v) is 13.3. The standard InChI is InChI=1S/C12H13ClN4OS2/c1-8-7-17(11-14-6-9(13)20-11)12(19-8)15-10(18)16-4-2-3-5-16/h6-7H,2-5H2,1H3/b15-12-. The fraction of sp³-hybridized carbons (Fsp3) is 0.417. The second-order valence-corrected chi connectivity index (χ2v) is 7.38. The van der Waals surface area contributed by atoms with Gasteiger partial charge in [0.05, 0.1) is 6.20 Å². The van der Waals surface area contributed by atoms with Gasteiger partial charge in [-0.1, -0.05) is 22.9 Å². The molecule has 0 bridgehead atoms. The number of urea groups is 1. The van der Waals surface area contributed by atoms with Crippen LogP contribution in [-0.2, 0) is 0 Å². The van der Waals surface area contributed by atoms with Gasteiger partial charge in [0.25, 0.3) is 0 Å². The number of hydrogen-bond acceptors (Lipinski definition) is 4. The minimum atomic E-state index is -0.166. The monoisotopic (exact) mass is 328 g/mol. The zero-order valence-electron chi connectivity index (χ0n) is 10.9. The van der Waals surface area contributed by atoms with Crippen LogP contribution in [-0.4, -0.2) is 33.6 Å². The predicted octanol–water partition coefficient (Wildman–Crippen LogP) is 3.07. The molecule has 1 saturated heterocycles. The Kier molecular flexibility index (Phi) is 3.91. The number of likely N-dealkylation sites (tertiary alicyclic amines) is 1. The van der Waals surface area contributed by atoms with Crippen LogP contribution in [0.3, 0.4) is 0 Å². The summed E-state index contributed by atoms with van der Waals surface area (Å²) in [6.07, 6.45) is 5.66. The molecule has 0 N–H and O–H groups in total. The Morgan fingerprint density at radius 2 is 2.15 bits per heavy atom. The summed E-state index contributed by atoms with van der Waals surface area (Å²) in [6.45, 7) is 3.58. The molecule has 0 unspecified atom stereocenters. The number of amides is 2. The lowest BCUT2D eigenvalue weighted by atomic mass is 10.4. The molecule has 20 heavy (non-hydrogen) atoms. The van der Waals surface area contributed by atoms with Crippen molar-refractivity contribution in [3.05, 3.63) is 26.4 Å². The highest BCUT2D eigenvalue weighted by molar-refractivity contribution is 7.18. The molecule has 8 heteroatoms. The largest absolute Gasteiger partial charge is 0.346 e. The van der Waals surface area contributed by atoms with Gasteiger partial charge in [-0.05, 0) is 19.8 Å². The topological polar surface area (TPSA) is 50.5 Å². The fourth-order valence-corrected chi connectivity index (χ4v) is 3.83. The van der Waals surface area contributed by atoms with Gasteiger partial charge in [0, 0.05) is 24.2 Å². The first kappa shape index (κ1) is 13.8. The van der Waals surface area contributed by atoms with E-state index in [1.54, 1.807) is 11.1 Å². The molecular weight excluding hydrogens is 316 g/mol. The molecule has 0 atom stereocenters. The second-order valence-electron chi connectivity index (χ2n) is 4.53. The Hall–Kier alpha value is -1.18. The van der Waals surface area contributed by atoms with Crippen LogP contribution in [0.15, 0.2) is 17.4 Å². The van der Waals surface area contributed by atoms with Crippen molar-refractivity contribution >= 4 is 40.3 Å². The number of carbonyl (C=O) groups is 1. The Bertz CT molecular complexity index is 696. The lowest BCUT2D eigenvalue weighted by Gasteiger charge is -2.10. The van der Waals surface area contributed by atoms with E-state index in [0.29, 0.717) is 9.14 Å². The van der Waals surface area contributed by atoms with Gasteiger partial charge < -0.3 is 4.90 Å². The minimum absolute atomic E-state index is 0.166. The summed E-state index contributed by atoms with van der Waals surface area (Å²) in [4.78, 5) is 24.1. The smallest absolute Gasteiger partial charge is 0.323 e. The predicted molar refractivity (Wildman–Crippen MR) is 80.8 cm³/mol. The van der Waals surface area contributed by atoms with Crippen molar-refractivity contribution in [2.45, 2.75) is 19.8 Å². The molecule has 2 aromatic heterocycles. The summed E-state index contributed by atoms with van der Waals surface area (Å²) in [5.74, 6) is 0. The molecule has 3 rings (SSSR count). The molecule has 1 aliphatic heterocycles. The molecule has 0 radical (unpaired) electrons. The van der Waals surface area contributed by atoms with Crippen molar-refractivity contribution in [3.63, 3.8) is 0 Å². The SMILES string of the molecule is Cc1cn(-c2ncc(Cl)s2)/c(=N/C(=O)N2CCCC2)s1. The number of hydrogen-bond donors (Lipinski definition) is 0. The summed E-state index contributed by atoms with van der Waals surface area (Å²) in [5.41, 5.74) is 0. The molecule has 0 aliphatic carbocycles. The van der Waals surface area contributed by atoms with E-state index in [1.807, 2.05) is 17.7 Å². The summed E-state index contributed by atoms with van der Waals surface area (Å²) < 4.78 is 2.44. The Labute approximate surface area is 129 Å². The van der Waals surface area contributed by atoms with Gasteiger partial charge in [-0.25, -0.2) is 9.78 Å². The third-order valence-corrected chi connectivity index (χ3v) is 5.02. The van der Waals surface area contributed by atoms with Crippen molar-refractivity contribution < 1.29 is 4.79 Å². The third kappa shape index (κ3) is 2.79. The summed E-state index contributed by atoms with van der Waals surface area (Å²) >= 11 is 8.76. The third-order valence-electron chi connectivity index (χ3n) is 3.01. The van der Waals surface area contributed by atoms with E-state index in [2.05, 4.69) is 9.98 Å². The van der Waals surface area contributed by atoms with Gasteiger partial charge in [0.1, 0.15) is 4.34 Å². The van der Waals surface area contributed by atoms with Crippen LogP contribution in [0, 0.1) is 6.92 Å². The van der Waals surface area contributed by atoms with Crippen molar-refractivity contribution in [1.82, 2.24) is 14.5 Å². The first-order chi connectivity index (χ1) is 9.63. The fourth-order valence-electron chi connectivity index (χ4n) is 2.09. The van der Waals surface area contributed by atoms with E-state index in [0.717, 1.165) is 35.9 Å². The molecule has 1 aliphatic rings. The number of aryl methyl sites for hydroxylation is 1. The maximum atomic E-state index is 12.1.